The fourth-order valence-corrected chi connectivity index (χ4v) is 3.78. The topological polar surface area (TPSA) is 98.8 Å². The van der Waals surface area contributed by atoms with Crippen LogP contribution in [-0.2, 0) is 9.53 Å². The molecule has 0 aliphatic heterocycles. The molecule has 3 aromatic rings. The molecule has 2 aromatic heterocycles. The van der Waals surface area contributed by atoms with E-state index in [2.05, 4.69) is 19.8 Å². The lowest BCUT2D eigenvalue weighted by molar-refractivity contribution is -0.140. The summed E-state index contributed by atoms with van der Waals surface area (Å²) in [7, 11) is 1.36. The lowest BCUT2D eigenvalue weighted by Crippen LogP contribution is -2.10. The molecule has 11 heteroatoms. The highest BCUT2D eigenvalue weighted by Gasteiger charge is 2.25. The number of imidazole rings is 1. The molecule has 1 N–H and O–H groups in total. The van der Waals surface area contributed by atoms with Crippen molar-refractivity contribution in [3.05, 3.63) is 46.0 Å². The molecule has 0 spiro atoms. The van der Waals surface area contributed by atoms with Crippen LogP contribution in [-0.4, -0.2) is 50.6 Å². The van der Waals surface area contributed by atoms with Gasteiger partial charge in [-0.25, -0.2) is 14.5 Å². The average molecular weight is 471 g/mol. The van der Waals surface area contributed by atoms with Gasteiger partial charge >= 0.3 is 5.97 Å². The van der Waals surface area contributed by atoms with Crippen molar-refractivity contribution in [1.29, 1.82) is 0 Å². The molecule has 1 atom stereocenters. The molecule has 30 heavy (non-hydrogen) atoms. The van der Waals surface area contributed by atoms with Crippen LogP contribution in [0.5, 0.6) is 5.75 Å². The summed E-state index contributed by atoms with van der Waals surface area (Å²) >= 11 is 14.0. The molecule has 0 amide bonds. The first-order valence-corrected chi connectivity index (χ1v) is 11.0. The van der Waals surface area contributed by atoms with Crippen molar-refractivity contribution in [3.63, 3.8) is 0 Å². The van der Waals surface area contributed by atoms with Crippen molar-refractivity contribution < 1.29 is 19.4 Å². The summed E-state index contributed by atoms with van der Waals surface area (Å²) in [5.41, 5.74) is 1.26. The van der Waals surface area contributed by atoms with Crippen molar-refractivity contribution >= 4 is 46.6 Å². The third-order valence-electron chi connectivity index (χ3n) is 4.40. The maximum Gasteiger partial charge on any atom is 0.305 e. The van der Waals surface area contributed by atoms with Crippen molar-refractivity contribution in [1.82, 2.24) is 19.6 Å². The van der Waals surface area contributed by atoms with Gasteiger partial charge in [0.1, 0.15) is 23.2 Å². The molecule has 1 unspecified atom stereocenters. The number of carbonyl (C=O) groups excluding carboxylic acids is 1. The Kier molecular flexibility index (Phi) is 7.76. The number of thioether (sulfide) groups is 1. The predicted molar refractivity (Wildman–Crippen MR) is 114 cm³/mol. The number of methoxy groups -OCH3 is 1. The van der Waals surface area contributed by atoms with Gasteiger partial charge in [0.05, 0.1) is 35.7 Å². The molecule has 1 aromatic carbocycles. The zero-order valence-corrected chi connectivity index (χ0v) is 18.7. The molecule has 0 saturated carbocycles. The van der Waals surface area contributed by atoms with Gasteiger partial charge in [0.25, 0.3) is 0 Å². The van der Waals surface area contributed by atoms with Gasteiger partial charge in [-0.3, -0.25) is 4.79 Å². The van der Waals surface area contributed by atoms with E-state index in [9.17, 15) is 9.90 Å². The number of fused-ring (bicyclic) bond motifs is 1. The first kappa shape index (κ1) is 22.6. The summed E-state index contributed by atoms with van der Waals surface area (Å²) in [6.45, 7) is 0.334. The van der Waals surface area contributed by atoms with E-state index in [1.54, 1.807) is 12.1 Å². The first-order chi connectivity index (χ1) is 14.5. The Labute approximate surface area is 187 Å². The number of ether oxygens (including phenoxy) is 2. The fraction of sp³-hybridized carbons (Fsp3) is 0.368. The number of aromatic nitrogens is 4. The molecular weight excluding hydrogens is 451 g/mol. The van der Waals surface area contributed by atoms with Crippen LogP contribution in [0.25, 0.3) is 5.65 Å². The summed E-state index contributed by atoms with van der Waals surface area (Å²) in [5, 5.41) is 16.5. The van der Waals surface area contributed by atoms with E-state index < -0.39 is 6.10 Å². The summed E-state index contributed by atoms with van der Waals surface area (Å²) in [6.07, 6.45) is 5.18. The van der Waals surface area contributed by atoms with Crippen molar-refractivity contribution in [3.8, 4) is 5.75 Å². The van der Waals surface area contributed by atoms with Crippen molar-refractivity contribution in [2.24, 2.45) is 0 Å². The summed E-state index contributed by atoms with van der Waals surface area (Å²) < 4.78 is 12.0. The third kappa shape index (κ3) is 4.80. The molecule has 2 heterocycles. The van der Waals surface area contributed by atoms with Crippen LogP contribution in [0.15, 0.2) is 29.7 Å². The molecule has 160 valence electrons. The normalized spacial score (nSPS) is 12.2. The third-order valence-corrected chi connectivity index (χ3v) is 5.89. The van der Waals surface area contributed by atoms with E-state index in [1.165, 1.54) is 35.9 Å². The summed E-state index contributed by atoms with van der Waals surface area (Å²) in [4.78, 5) is 19.7. The zero-order valence-electron chi connectivity index (χ0n) is 16.3. The molecule has 0 bridgehead atoms. The van der Waals surface area contributed by atoms with E-state index in [0.717, 1.165) is 0 Å². The smallest absolute Gasteiger partial charge is 0.305 e. The van der Waals surface area contributed by atoms with E-state index in [0.29, 0.717) is 53.5 Å². The van der Waals surface area contributed by atoms with Gasteiger partial charge in [0.15, 0.2) is 5.65 Å². The second-order valence-corrected chi connectivity index (χ2v) is 7.83. The molecule has 8 nitrogen and oxygen atoms in total. The van der Waals surface area contributed by atoms with E-state index in [1.807, 2.05) is 6.26 Å². The number of halogens is 2. The van der Waals surface area contributed by atoms with Crippen molar-refractivity contribution in [2.45, 2.75) is 30.4 Å². The largest absolute Gasteiger partial charge is 0.493 e. The quantitative estimate of drug-likeness (QED) is 0.285. The Morgan fingerprint density at radius 3 is 2.83 bits per heavy atom. The number of nitrogens with zero attached hydrogens (tertiary/aromatic N) is 4. The number of unbranched alkanes of at least 4 members (excludes halogenated alkanes) is 1. The molecular formula is C19H20Cl2N4O4S. The minimum Gasteiger partial charge on any atom is -0.493 e. The van der Waals surface area contributed by atoms with Crippen LogP contribution in [0.1, 0.15) is 36.6 Å². The van der Waals surface area contributed by atoms with Gasteiger partial charge in [-0.15, -0.1) is 11.8 Å². The Hall–Kier alpha value is -2.07. The minimum absolute atomic E-state index is 0.185. The highest BCUT2D eigenvalue weighted by Crippen LogP contribution is 2.40. The second-order valence-electron chi connectivity index (χ2n) is 6.25. The monoisotopic (exact) mass is 470 g/mol. The highest BCUT2D eigenvalue weighted by molar-refractivity contribution is 7.98. The standard InChI is InChI=1S/C19H20Cl2N4O4S/c1-28-14(26)5-3-4-8-29-13-7-6-11(20)16(21)15(13)17(27)12-9-22-18-19(30-2)23-10-24-25(12)18/h6-7,9-10,17,27H,3-5,8H2,1-2H3. The van der Waals surface area contributed by atoms with E-state index in [4.69, 9.17) is 27.9 Å². The molecule has 0 aliphatic rings. The minimum atomic E-state index is -1.18. The number of esters is 1. The van der Waals surface area contributed by atoms with Crippen LogP contribution in [0.2, 0.25) is 10.0 Å². The van der Waals surface area contributed by atoms with Crippen LogP contribution >= 0.6 is 35.0 Å². The van der Waals surface area contributed by atoms with E-state index >= 15 is 0 Å². The number of rotatable bonds is 9. The SMILES string of the molecule is COC(=O)CCCCOc1ccc(Cl)c(Cl)c1C(O)c1cnc2c(SC)ncnn12. The second kappa shape index (κ2) is 10.3. The number of carbonyl (C=O) groups is 1. The van der Waals surface area contributed by atoms with Gasteiger partial charge in [-0.1, -0.05) is 23.2 Å². The van der Waals surface area contributed by atoms with E-state index in [-0.39, 0.29) is 16.0 Å². The Morgan fingerprint density at radius 1 is 1.30 bits per heavy atom. The summed E-state index contributed by atoms with van der Waals surface area (Å²) in [5.74, 6) is 0.129. The fourth-order valence-electron chi connectivity index (χ4n) is 2.88. The highest BCUT2D eigenvalue weighted by atomic mass is 35.5. The maximum atomic E-state index is 11.2. The molecule has 0 aliphatic carbocycles. The van der Waals surface area contributed by atoms with Gasteiger partial charge in [-0.2, -0.15) is 5.10 Å². The number of aliphatic hydroxyl groups excluding tert-OH is 1. The van der Waals surface area contributed by atoms with Crippen LogP contribution in [0.3, 0.4) is 0 Å². The molecule has 3 rings (SSSR count). The molecule has 0 radical (unpaired) electrons. The lowest BCUT2D eigenvalue weighted by atomic mass is 10.1. The zero-order chi connectivity index (χ0) is 21.7. The maximum absolute atomic E-state index is 11.2. The number of hydrogen-bond acceptors (Lipinski definition) is 8. The predicted octanol–water partition coefficient (Wildman–Crippen LogP) is 3.96. The van der Waals surface area contributed by atoms with Crippen LogP contribution < -0.4 is 4.74 Å². The van der Waals surface area contributed by atoms with Crippen molar-refractivity contribution in [2.75, 3.05) is 20.0 Å². The summed E-state index contributed by atoms with van der Waals surface area (Å²) in [6, 6.07) is 3.25. The molecule has 0 saturated heterocycles. The molecule has 0 fully saturated rings. The van der Waals surface area contributed by atoms with Gasteiger partial charge in [0.2, 0.25) is 0 Å². The first-order valence-electron chi connectivity index (χ1n) is 9.06. The van der Waals surface area contributed by atoms with Crippen LogP contribution in [0.4, 0.5) is 0 Å². The van der Waals surface area contributed by atoms with Gasteiger partial charge in [0, 0.05) is 12.0 Å². The number of hydrogen-bond donors (Lipinski definition) is 1. The Morgan fingerprint density at radius 2 is 2.10 bits per heavy atom. The number of aliphatic hydroxyl groups is 1. The lowest BCUT2D eigenvalue weighted by Gasteiger charge is -2.18. The van der Waals surface area contributed by atoms with Gasteiger partial charge < -0.3 is 14.6 Å². The average Bonchev–Trinajstić information content (AvgIpc) is 3.19. The Balaban J connectivity index is 1.86. The number of benzene rings is 1. The Bertz CT molecular complexity index is 1050. The van der Waals surface area contributed by atoms with Crippen LogP contribution in [0, 0.1) is 0 Å². The van der Waals surface area contributed by atoms with Gasteiger partial charge in [-0.05, 0) is 31.2 Å².